The maximum atomic E-state index is 13.3. The number of carbonyl (C=O) groups excluding carboxylic acids is 3. The number of ether oxygens (including phenoxy) is 2. The zero-order chi connectivity index (χ0) is 27.8. The predicted octanol–water partition coefficient (Wildman–Crippen LogP) is 5.73. The minimum absolute atomic E-state index is 0.0182. The van der Waals surface area contributed by atoms with Crippen LogP contribution in [-0.2, 0) is 20.7 Å². The lowest BCUT2D eigenvalue weighted by molar-refractivity contribution is -0.129. The summed E-state index contributed by atoms with van der Waals surface area (Å²) in [6.45, 7) is 2.41. The molecule has 1 unspecified atom stereocenters. The molecule has 4 rings (SSSR count). The molecule has 0 radical (unpaired) electrons. The topological polar surface area (TPSA) is 97.3 Å². The van der Waals surface area contributed by atoms with Crippen LogP contribution in [0.3, 0.4) is 0 Å². The highest BCUT2D eigenvalue weighted by Gasteiger charge is 2.36. The van der Waals surface area contributed by atoms with Crippen LogP contribution in [0.4, 0.5) is 11.4 Å². The molecule has 2 amide bonds. The largest absolute Gasteiger partial charge is 0.497 e. The lowest BCUT2D eigenvalue weighted by Gasteiger charge is -2.32. The zero-order valence-electron chi connectivity index (χ0n) is 21.6. The van der Waals surface area contributed by atoms with Gasteiger partial charge in [0.2, 0.25) is 11.8 Å². The molecule has 1 fully saturated rings. The summed E-state index contributed by atoms with van der Waals surface area (Å²) in [5.74, 6) is -0.203. The van der Waals surface area contributed by atoms with Crippen molar-refractivity contribution in [2.45, 2.75) is 25.0 Å². The van der Waals surface area contributed by atoms with Gasteiger partial charge < -0.3 is 14.8 Å². The Hall–Kier alpha value is -3.82. The minimum atomic E-state index is -0.691. The van der Waals surface area contributed by atoms with Crippen molar-refractivity contribution >= 4 is 57.7 Å². The fourth-order valence-corrected chi connectivity index (χ4v) is 5.17. The number of amidine groups is 1. The van der Waals surface area contributed by atoms with Crippen LogP contribution in [0.15, 0.2) is 77.8 Å². The number of nitrogens with zero attached hydrogens (tertiary/aromatic N) is 2. The number of thioether (sulfide) groups is 1. The third kappa shape index (κ3) is 7.40. The van der Waals surface area contributed by atoms with E-state index in [9.17, 15) is 14.4 Å². The van der Waals surface area contributed by atoms with E-state index in [1.165, 1.54) is 11.8 Å². The van der Waals surface area contributed by atoms with Gasteiger partial charge in [-0.15, -0.1) is 0 Å². The second kappa shape index (κ2) is 13.3. The van der Waals surface area contributed by atoms with Crippen molar-refractivity contribution in [1.82, 2.24) is 4.90 Å². The highest BCUT2D eigenvalue weighted by molar-refractivity contribution is 8.15. The van der Waals surface area contributed by atoms with Crippen molar-refractivity contribution in [1.29, 1.82) is 0 Å². The number of anilines is 1. The quantitative estimate of drug-likeness (QED) is 0.333. The fourth-order valence-electron chi connectivity index (χ4n) is 3.87. The van der Waals surface area contributed by atoms with Crippen LogP contribution in [0.1, 0.15) is 29.3 Å². The summed E-state index contributed by atoms with van der Waals surface area (Å²) in [5, 5.41) is 2.95. The van der Waals surface area contributed by atoms with Gasteiger partial charge in [-0.25, -0.2) is 9.79 Å². The van der Waals surface area contributed by atoms with E-state index in [2.05, 4.69) is 5.32 Å². The van der Waals surface area contributed by atoms with Crippen LogP contribution >= 0.6 is 23.4 Å². The van der Waals surface area contributed by atoms with Gasteiger partial charge in [0.1, 0.15) is 11.0 Å². The molecule has 8 nitrogen and oxygen atoms in total. The Kier molecular flexibility index (Phi) is 9.62. The van der Waals surface area contributed by atoms with E-state index in [0.29, 0.717) is 40.1 Å². The summed E-state index contributed by atoms with van der Waals surface area (Å²) in [6, 6.07) is 21.2. The molecule has 202 valence electrons. The van der Waals surface area contributed by atoms with Gasteiger partial charge in [-0.2, -0.15) is 0 Å². The third-order valence-electron chi connectivity index (χ3n) is 5.95. The number of carbonyl (C=O) groups is 3. The Morgan fingerprint density at radius 2 is 1.79 bits per heavy atom. The summed E-state index contributed by atoms with van der Waals surface area (Å²) in [4.78, 5) is 44.7. The average Bonchev–Trinajstić information content (AvgIpc) is 2.94. The predicted molar refractivity (Wildman–Crippen MR) is 154 cm³/mol. The Bertz CT molecular complexity index is 1360. The second-order valence-electron chi connectivity index (χ2n) is 8.58. The van der Waals surface area contributed by atoms with E-state index in [0.717, 1.165) is 11.3 Å². The number of rotatable bonds is 9. The van der Waals surface area contributed by atoms with E-state index in [-0.39, 0.29) is 24.8 Å². The first-order chi connectivity index (χ1) is 18.9. The number of halogens is 1. The summed E-state index contributed by atoms with van der Waals surface area (Å²) >= 11 is 7.43. The highest BCUT2D eigenvalue weighted by atomic mass is 35.5. The maximum absolute atomic E-state index is 13.3. The average molecular weight is 566 g/mol. The molecule has 1 N–H and O–H groups in total. The van der Waals surface area contributed by atoms with Gasteiger partial charge in [0.15, 0.2) is 5.17 Å². The summed E-state index contributed by atoms with van der Waals surface area (Å²) in [6.07, 6.45) is 0.609. The van der Waals surface area contributed by atoms with Crippen molar-refractivity contribution in [3.8, 4) is 5.75 Å². The molecule has 0 aliphatic carbocycles. The number of aliphatic imine (C=N–C) groups is 1. The number of methoxy groups -OCH3 is 1. The molecule has 0 aromatic heterocycles. The molecule has 3 aromatic rings. The molecule has 10 heteroatoms. The van der Waals surface area contributed by atoms with Gasteiger partial charge in [-0.05, 0) is 67.4 Å². The molecule has 1 aliphatic rings. The number of esters is 1. The minimum Gasteiger partial charge on any atom is -0.497 e. The first-order valence-corrected chi connectivity index (χ1v) is 13.6. The number of hydrogen-bond acceptors (Lipinski definition) is 7. The number of amides is 2. The molecule has 1 heterocycles. The highest BCUT2D eigenvalue weighted by Crippen LogP contribution is 2.31. The van der Waals surface area contributed by atoms with Crippen LogP contribution < -0.4 is 10.1 Å². The SMILES string of the molecule is CCOC(=O)c1ccc(N=C2SC(C(=O)Nc3ccccc3Cl)CC(=O)N2CCc2ccc(OC)cc2)cc1. The Labute approximate surface area is 236 Å². The molecule has 1 aliphatic heterocycles. The Balaban J connectivity index is 1.56. The molecule has 1 atom stereocenters. The second-order valence-corrected chi connectivity index (χ2v) is 10.2. The van der Waals surface area contributed by atoms with E-state index in [4.69, 9.17) is 26.1 Å². The Morgan fingerprint density at radius 3 is 2.46 bits per heavy atom. The van der Waals surface area contributed by atoms with Crippen molar-refractivity contribution in [3.05, 3.63) is 88.9 Å². The molecule has 1 saturated heterocycles. The summed E-state index contributed by atoms with van der Waals surface area (Å²) in [5.41, 5.74) is 2.46. The summed E-state index contributed by atoms with van der Waals surface area (Å²) in [7, 11) is 1.61. The monoisotopic (exact) mass is 565 g/mol. The van der Waals surface area contributed by atoms with E-state index < -0.39 is 11.2 Å². The van der Waals surface area contributed by atoms with Crippen LogP contribution in [0.2, 0.25) is 5.02 Å². The smallest absolute Gasteiger partial charge is 0.338 e. The van der Waals surface area contributed by atoms with Gasteiger partial charge >= 0.3 is 5.97 Å². The third-order valence-corrected chi connectivity index (χ3v) is 7.47. The van der Waals surface area contributed by atoms with E-state index in [1.807, 2.05) is 24.3 Å². The number of hydrogen-bond donors (Lipinski definition) is 1. The first-order valence-electron chi connectivity index (χ1n) is 12.4. The number of benzene rings is 3. The van der Waals surface area contributed by atoms with Crippen LogP contribution in [-0.4, -0.2) is 53.4 Å². The van der Waals surface area contributed by atoms with Crippen molar-refractivity contribution < 1.29 is 23.9 Å². The molecule has 0 bridgehead atoms. The van der Waals surface area contributed by atoms with Gasteiger partial charge in [-0.3, -0.25) is 14.5 Å². The fraction of sp³-hybridized carbons (Fsp3) is 0.241. The molecule has 0 spiro atoms. The molecule has 0 saturated carbocycles. The van der Waals surface area contributed by atoms with Gasteiger partial charge in [0, 0.05) is 13.0 Å². The maximum Gasteiger partial charge on any atom is 0.338 e. The van der Waals surface area contributed by atoms with Crippen molar-refractivity contribution in [2.24, 2.45) is 4.99 Å². The number of nitrogens with one attached hydrogen (secondary N) is 1. The first kappa shape index (κ1) is 28.2. The van der Waals surface area contributed by atoms with E-state index >= 15 is 0 Å². The van der Waals surface area contributed by atoms with Crippen molar-refractivity contribution in [2.75, 3.05) is 25.6 Å². The lowest BCUT2D eigenvalue weighted by Crippen LogP contribution is -2.46. The molecule has 3 aromatic carbocycles. The molecule has 39 heavy (non-hydrogen) atoms. The number of para-hydroxylation sites is 1. The van der Waals surface area contributed by atoms with E-state index in [1.54, 1.807) is 67.5 Å². The lowest BCUT2D eigenvalue weighted by atomic mass is 10.1. The normalized spacial score (nSPS) is 16.2. The van der Waals surface area contributed by atoms with Crippen molar-refractivity contribution in [3.63, 3.8) is 0 Å². The van der Waals surface area contributed by atoms with Crippen LogP contribution in [0.25, 0.3) is 0 Å². The van der Waals surface area contributed by atoms with Gasteiger partial charge in [-0.1, -0.05) is 47.6 Å². The zero-order valence-corrected chi connectivity index (χ0v) is 23.1. The van der Waals surface area contributed by atoms with Crippen LogP contribution in [0.5, 0.6) is 5.75 Å². The summed E-state index contributed by atoms with van der Waals surface area (Å²) < 4.78 is 10.3. The molecular formula is C29H28ClN3O5S. The standard InChI is InChI=1S/C29H28ClN3O5S/c1-3-38-28(36)20-10-12-21(13-11-20)31-29-33(17-16-19-8-14-22(37-2)15-9-19)26(34)18-25(39-29)27(35)32-24-7-5-4-6-23(24)30/h4-15,25H,3,16-18H2,1-2H3,(H,32,35). The molecular weight excluding hydrogens is 538 g/mol. The van der Waals surface area contributed by atoms with Gasteiger partial charge in [0.25, 0.3) is 0 Å². The van der Waals surface area contributed by atoms with Crippen LogP contribution in [0, 0.1) is 0 Å². The Morgan fingerprint density at radius 1 is 1.08 bits per heavy atom. The van der Waals surface area contributed by atoms with Gasteiger partial charge in [0.05, 0.1) is 35.7 Å².